The van der Waals surface area contributed by atoms with E-state index in [1.165, 1.54) is 5.69 Å². The first-order chi connectivity index (χ1) is 18.4. The number of aryl methyl sites for hydroxylation is 1. The van der Waals surface area contributed by atoms with E-state index in [1.807, 2.05) is 51.1 Å². The molecule has 1 aromatic heterocycles. The van der Waals surface area contributed by atoms with Crippen molar-refractivity contribution in [1.29, 1.82) is 0 Å². The fraction of sp³-hybridized carbons (Fsp3) is 0.321. The van der Waals surface area contributed by atoms with Crippen LogP contribution in [-0.2, 0) is 18.3 Å². The van der Waals surface area contributed by atoms with Crippen molar-refractivity contribution in [2.45, 2.75) is 27.1 Å². The summed E-state index contributed by atoms with van der Waals surface area (Å²) >= 11 is 6.70. The average molecular weight is 556 g/mol. The number of H-pyrrole nitrogens is 1. The molecule has 3 aromatic carbocycles. The monoisotopic (exact) mass is 555 g/mol. The van der Waals surface area contributed by atoms with Crippen molar-refractivity contribution in [2.24, 2.45) is 0 Å². The van der Waals surface area contributed by atoms with Gasteiger partial charge in [0.2, 0.25) is 0 Å². The van der Waals surface area contributed by atoms with Crippen LogP contribution >= 0.6 is 19.5 Å². The fourth-order valence-electron chi connectivity index (χ4n) is 4.96. The Morgan fingerprint density at radius 3 is 2.55 bits per heavy atom. The summed E-state index contributed by atoms with van der Waals surface area (Å²) < 4.78 is 29.5. The normalized spacial score (nSPS) is 19.8. The predicted molar refractivity (Wildman–Crippen MR) is 152 cm³/mol. The van der Waals surface area contributed by atoms with Gasteiger partial charge in [-0.25, -0.2) is 0 Å². The van der Waals surface area contributed by atoms with Gasteiger partial charge in [-0.1, -0.05) is 0 Å². The van der Waals surface area contributed by atoms with Crippen molar-refractivity contribution >= 4 is 41.6 Å². The number of rotatable bonds is 7. The van der Waals surface area contributed by atoms with E-state index in [4.69, 9.17) is 34.6 Å². The van der Waals surface area contributed by atoms with E-state index in [0.717, 1.165) is 59.3 Å². The van der Waals surface area contributed by atoms with Crippen LogP contribution in [0.5, 0.6) is 11.8 Å². The van der Waals surface area contributed by atoms with E-state index in [9.17, 15) is 0 Å². The predicted octanol–water partition coefficient (Wildman–Crippen LogP) is 6.37. The molecule has 2 aliphatic heterocycles. The Bertz CT molecular complexity index is 1440. The van der Waals surface area contributed by atoms with E-state index in [2.05, 4.69) is 39.1 Å². The van der Waals surface area contributed by atoms with Gasteiger partial charge in [-0.15, -0.1) is 0 Å². The molecule has 6 rings (SSSR count). The molecule has 2 fully saturated rings. The zero-order chi connectivity index (χ0) is 26.3. The van der Waals surface area contributed by atoms with Crippen molar-refractivity contribution in [3.8, 4) is 22.9 Å². The molecule has 1 N–H and O–H groups in total. The van der Waals surface area contributed by atoms with Crippen molar-refractivity contribution in [3.63, 3.8) is 0 Å². The number of ether oxygens (including phenoxy) is 2. The van der Waals surface area contributed by atoms with Gasteiger partial charge >= 0.3 is 186 Å². The molecule has 8 nitrogen and oxygen atoms in total. The molecule has 2 saturated heterocycles. The number of aromatic nitrogens is 2. The molecule has 0 bridgehead atoms. The number of aromatic amines is 1. The molecule has 38 heavy (non-hydrogen) atoms. The molecule has 0 aliphatic carbocycles. The van der Waals surface area contributed by atoms with Crippen LogP contribution in [-0.4, -0.2) is 49.2 Å². The summed E-state index contributed by atoms with van der Waals surface area (Å²) in [6.45, 7) is 9.64. The van der Waals surface area contributed by atoms with Crippen LogP contribution in [0.3, 0.4) is 0 Å². The third-order valence-electron chi connectivity index (χ3n) is 6.83. The first kappa shape index (κ1) is 25.6. The maximum atomic E-state index is 6.70. The van der Waals surface area contributed by atoms with Crippen molar-refractivity contribution in [2.75, 3.05) is 37.8 Å². The quantitative estimate of drug-likeness (QED) is 0.265. The third-order valence-corrected chi connectivity index (χ3v) is 10.3. The van der Waals surface area contributed by atoms with Crippen LogP contribution in [0.25, 0.3) is 22.2 Å². The number of imidazole rings is 1. The second-order valence-corrected chi connectivity index (χ2v) is 12.2. The molecule has 200 valence electrons. The maximum absolute atomic E-state index is 6.70. The Hall–Kier alpha value is -2.71. The summed E-state index contributed by atoms with van der Waals surface area (Å²) in [6.07, 6.45) is -0.276. The topological polar surface area (TPSA) is 78.1 Å². The second kappa shape index (κ2) is 10.5. The zero-order valence-corrected chi connectivity index (χ0v) is 23.4. The van der Waals surface area contributed by atoms with Gasteiger partial charge in [0.15, 0.2) is 0 Å². The second-order valence-electron chi connectivity index (χ2n) is 9.41. The molecule has 0 amide bonds. The number of hydrogen-bond donors (Lipinski definition) is 1. The minimum atomic E-state index is -2.91. The first-order valence-electron chi connectivity index (χ1n) is 12.8. The number of anilines is 1. The Labute approximate surface area is 227 Å². The van der Waals surface area contributed by atoms with Gasteiger partial charge < -0.3 is 9.64 Å². The van der Waals surface area contributed by atoms with Gasteiger partial charge in [-0.2, -0.15) is 0 Å². The number of morpholine rings is 1. The van der Waals surface area contributed by atoms with Crippen LogP contribution in [0.15, 0.2) is 54.6 Å². The van der Waals surface area contributed by atoms with Crippen molar-refractivity contribution < 1.29 is 23.0 Å². The standard InChI is InChI=1S/C28H31ClN3O5P/c1-4-34-38(36-19(3)37-38)27-15-22(10-5-18(27)2)35-28-30-25-16-23(24(29)17-26(25)31-28)20-6-8-21(9-7-20)32-11-13-33-14-12-32/h5-10,15-17,19,38H,4,11-14H2,1-3H3,(H,30,31). The van der Waals surface area contributed by atoms with Gasteiger partial charge in [0, 0.05) is 18.8 Å². The molecule has 0 unspecified atom stereocenters. The van der Waals surface area contributed by atoms with E-state index in [-0.39, 0.29) is 6.29 Å². The molecule has 0 atom stereocenters. The Balaban J connectivity index is 1.25. The van der Waals surface area contributed by atoms with Gasteiger partial charge in [-0.05, 0) is 0 Å². The summed E-state index contributed by atoms with van der Waals surface area (Å²) in [4.78, 5) is 10.2. The molecule has 4 aromatic rings. The van der Waals surface area contributed by atoms with Crippen LogP contribution < -0.4 is 14.9 Å². The SMILES string of the molecule is CCO[PH]1(c2cc(Oc3nc4cc(-c5ccc(N6CCOCC6)cc5)c(Cl)cc4[nH]3)ccc2C)OC(C)O1. The molecular weight excluding hydrogens is 525 g/mol. The Kier molecular flexibility index (Phi) is 7.03. The Morgan fingerprint density at radius 1 is 1.08 bits per heavy atom. The average Bonchev–Trinajstić information content (AvgIpc) is 3.30. The molecule has 0 spiro atoms. The summed E-state index contributed by atoms with van der Waals surface area (Å²) in [5.74, 6) is 0.619. The third kappa shape index (κ3) is 4.89. The Morgan fingerprint density at radius 2 is 1.84 bits per heavy atom. The number of benzene rings is 3. The molecule has 10 heteroatoms. The fourth-order valence-corrected chi connectivity index (χ4v) is 7.94. The van der Waals surface area contributed by atoms with Crippen LogP contribution in [0.4, 0.5) is 5.69 Å². The van der Waals surface area contributed by atoms with Crippen LogP contribution in [0.1, 0.15) is 19.4 Å². The van der Waals surface area contributed by atoms with E-state index < -0.39 is 7.94 Å². The van der Waals surface area contributed by atoms with E-state index in [1.54, 1.807) is 0 Å². The molecule has 0 radical (unpaired) electrons. The van der Waals surface area contributed by atoms with Crippen LogP contribution in [0, 0.1) is 6.92 Å². The summed E-state index contributed by atoms with van der Waals surface area (Å²) in [7, 11) is -2.91. The molecular formula is C28H31ClN3O5P. The number of halogens is 1. The van der Waals surface area contributed by atoms with Gasteiger partial charge in [-0.3, -0.25) is 0 Å². The minimum absolute atomic E-state index is 0.276. The van der Waals surface area contributed by atoms with Gasteiger partial charge in [0.05, 0.1) is 13.2 Å². The number of hydrogen-bond acceptors (Lipinski definition) is 7. The number of fused-ring (bicyclic) bond motifs is 1. The zero-order valence-electron chi connectivity index (χ0n) is 21.6. The number of nitrogens with zero attached hydrogens (tertiary/aromatic N) is 2. The number of nitrogens with one attached hydrogen (secondary N) is 1. The van der Waals surface area contributed by atoms with E-state index in [0.29, 0.717) is 23.4 Å². The van der Waals surface area contributed by atoms with Gasteiger partial charge in [0.1, 0.15) is 0 Å². The molecule has 2 aliphatic rings. The van der Waals surface area contributed by atoms with Crippen molar-refractivity contribution in [3.05, 3.63) is 65.2 Å². The molecule has 0 saturated carbocycles. The van der Waals surface area contributed by atoms with E-state index >= 15 is 0 Å². The molecule has 3 heterocycles. The summed E-state index contributed by atoms with van der Waals surface area (Å²) in [5, 5.41) is 1.54. The van der Waals surface area contributed by atoms with Gasteiger partial charge in [0.25, 0.3) is 0 Å². The summed E-state index contributed by atoms with van der Waals surface area (Å²) in [6, 6.07) is 18.5. The first-order valence-corrected chi connectivity index (χ1v) is 15.0. The van der Waals surface area contributed by atoms with Crippen molar-refractivity contribution in [1.82, 2.24) is 9.97 Å². The summed E-state index contributed by atoms with van der Waals surface area (Å²) in [5.41, 5.74) is 5.73. The van der Waals surface area contributed by atoms with Crippen LogP contribution in [0.2, 0.25) is 5.02 Å².